The van der Waals surface area contributed by atoms with Crippen LogP contribution in [0.2, 0.25) is 0 Å². The number of nitrogens with one attached hydrogen (secondary N) is 2. The minimum atomic E-state index is -0.922. The van der Waals surface area contributed by atoms with E-state index in [0.717, 1.165) is 6.07 Å². The van der Waals surface area contributed by atoms with Crippen molar-refractivity contribution < 1.29 is 28.2 Å². The zero-order valence-corrected chi connectivity index (χ0v) is 22.0. The fourth-order valence-corrected chi connectivity index (χ4v) is 4.49. The van der Waals surface area contributed by atoms with Gasteiger partial charge in [0.25, 0.3) is 0 Å². The summed E-state index contributed by atoms with van der Waals surface area (Å²) in [6.07, 6.45) is 0. The van der Waals surface area contributed by atoms with Crippen LogP contribution in [0.1, 0.15) is 17.0 Å². The van der Waals surface area contributed by atoms with Crippen LogP contribution in [0.3, 0.4) is 0 Å². The predicted octanol–water partition coefficient (Wildman–Crippen LogP) is 3.49. The van der Waals surface area contributed by atoms with Crippen molar-refractivity contribution in [1.29, 1.82) is 0 Å². The first-order valence-electron chi connectivity index (χ1n) is 12.0. The third kappa shape index (κ3) is 6.79. The number of hydrogen-bond donors (Lipinski definition) is 3. The number of ether oxygens (including phenoxy) is 2. The van der Waals surface area contributed by atoms with E-state index in [1.54, 1.807) is 24.8 Å². The van der Waals surface area contributed by atoms with E-state index in [1.807, 2.05) is 30.3 Å². The Kier molecular flexibility index (Phi) is 10.4. The lowest BCUT2D eigenvalue weighted by Gasteiger charge is -2.21. The molecule has 2 amide bonds. The van der Waals surface area contributed by atoms with Crippen molar-refractivity contribution in [2.45, 2.75) is 18.9 Å². The summed E-state index contributed by atoms with van der Waals surface area (Å²) in [5, 5.41) is 19.5. The van der Waals surface area contributed by atoms with Gasteiger partial charge in [0, 0.05) is 32.7 Å². The second-order valence-electron chi connectivity index (χ2n) is 8.84. The number of benzene rings is 2. The maximum atomic E-state index is 14.0. The van der Waals surface area contributed by atoms with Crippen LogP contribution >= 0.6 is 12.4 Å². The van der Waals surface area contributed by atoms with Gasteiger partial charge < -0.3 is 19.9 Å². The Hall–Kier alpha value is -3.25. The number of aromatic nitrogens is 2. The van der Waals surface area contributed by atoms with E-state index < -0.39 is 17.7 Å². The van der Waals surface area contributed by atoms with Crippen LogP contribution in [-0.2, 0) is 4.74 Å². The Morgan fingerprint density at radius 1 is 1.13 bits per heavy atom. The number of methoxy groups -OCH3 is 1. The molecule has 9 nitrogen and oxygen atoms in total. The van der Waals surface area contributed by atoms with Gasteiger partial charge in [0.05, 0.1) is 30.5 Å². The smallest absolute Gasteiger partial charge is 0.320 e. The summed E-state index contributed by atoms with van der Waals surface area (Å²) in [5.74, 6) is -1.38. The molecule has 2 atom stereocenters. The number of amides is 2. The standard InChI is InChI=1S/C26H31F2N5O4.ClH/c1-17-24(33(19-6-4-3-5-7-19)31-25(17)37-13-11-34)30-26(35)29-23-16-32(10-12-36-2)15-20(23)18-8-9-21(27)22(28)14-18;/h3-9,14,20,23,34H,10-13,15-16H2,1-2H3,(H2,29,30,35);1H/t20-,23+;/m0./s1. The van der Waals surface area contributed by atoms with E-state index in [9.17, 15) is 13.6 Å². The van der Waals surface area contributed by atoms with Gasteiger partial charge in [0.2, 0.25) is 5.88 Å². The van der Waals surface area contributed by atoms with Crippen LogP contribution in [0, 0.1) is 18.6 Å². The maximum Gasteiger partial charge on any atom is 0.320 e. The molecule has 1 aromatic heterocycles. The number of urea groups is 1. The molecule has 0 aliphatic carbocycles. The van der Waals surface area contributed by atoms with Gasteiger partial charge in [-0.2, -0.15) is 0 Å². The van der Waals surface area contributed by atoms with Gasteiger partial charge in [-0.15, -0.1) is 17.5 Å². The van der Waals surface area contributed by atoms with Gasteiger partial charge in [0.1, 0.15) is 12.4 Å². The summed E-state index contributed by atoms with van der Waals surface area (Å²) in [6, 6.07) is 12.3. The van der Waals surface area contributed by atoms with E-state index in [-0.39, 0.29) is 37.6 Å². The van der Waals surface area contributed by atoms with Crippen molar-refractivity contribution in [3.8, 4) is 11.6 Å². The topological polar surface area (TPSA) is 101 Å². The van der Waals surface area contributed by atoms with Gasteiger partial charge in [-0.25, -0.2) is 18.3 Å². The fourth-order valence-electron chi connectivity index (χ4n) is 4.49. The Labute approximate surface area is 226 Å². The first-order chi connectivity index (χ1) is 17.9. The number of likely N-dealkylation sites (tertiary alicyclic amines) is 1. The third-order valence-electron chi connectivity index (χ3n) is 6.34. The highest BCUT2D eigenvalue weighted by Crippen LogP contribution is 2.30. The number of aliphatic hydroxyl groups is 1. The molecule has 0 radical (unpaired) electrons. The second kappa shape index (κ2) is 13.5. The molecule has 3 N–H and O–H groups in total. The van der Waals surface area contributed by atoms with Crippen LogP contribution in [-0.4, -0.2) is 78.4 Å². The lowest BCUT2D eigenvalue weighted by atomic mass is 9.94. The molecular formula is C26H32ClF2N5O4. The molecule has 38 heavy (non-hydrogen) atoms. The number of carbonyl (C=O) groups is 1. The minimum Gasteiger partial charge on any atom is -0.474 e. The van der Waals surface area contributed by atoms with E-state index >= 15 is 0 Å². The second-order valence-corrected chi connectivity index (χ2v) is 8.84. The first-order valence-corrected chi connectivity index (χ1v) is 12.0. The van der Waals surface area contributed by atoms with E-state index in [2.05, 4.69) is 20.6 Å². The zero-order chi connectivity index (χ0) is 26.4. The van der Waals surface area contributed by atoms with Crippen LogP contribution < -0.4 is 15.4 Å². The van der Waals surface area contributed by atoms with Crippen molar-refractivity contribution in [1.82, 2.24) is 20.0 Å². The van der Waals surface area contributed by atoms with Gasteiger partial charge in [-0.1, -0.05) is 24.3 Å². The van der Waals surface area contributed by atoms with Crippen molar-refractivity contribution in [2.75, 3.05) is 51.9 Å². The summed E-state index contributed by atoms with van der Waals surface area (Å²) < 4.78 is 39.9. The number of anilines is 1. The average Bonchev–Trinajstić information content (AvgIpc) is 3.44. The van der Waals surface area contributed by atoms with Crippen LogP contribution in [0.5, 0.6) is 5.88 Å². The fraction of sp³-hybridized carbons (Fsp3) is 0.385. The quantitative estimate of drug-likeness (QED) is 0.357. The number of para-hydroxylation sites is 1. The number of nitrogens with zero attached hydrogens (tertiary/aromatic N) is 3. The molecule has 3 aromatic rings. The number of halogens is 3. The van der Waals surface area contributed by atoms with Crippen molar-refractivity contribution in [2.24, 2.45) is 0 Å². The molecule has 0 unspecified atom stereocenters. The van der Waals surface area contributed by atoms with Crippen LogP contribution in [0.15, 0.2) is 48.5 Å². The van der Waals surface area contributed by atoms with E-state index in [0.29, 0.717) is 54.8 Å². The van der Waals surface area contributed by atoms with Gasteiger partial charge >= 0.3 is 6.03 Å². The molecule has 4 rings (SSSR count). The molecule has 0 bridgehead atoms. The highest BCUT2D eigenvalue weighted by molar-refractivity contribution is 5.90. The van der Waals surface area contributed by atoms with Crippen LogP contribution in [0.25, 0.3) is 5.69 Å². The minimum absolute atomic E-state index is 0. The first kappa shape index (κ1) is 29.3. The average molecular weight is 552 g/mol. The van der Waals surface area contributed by atoms with E-state index in [4.69, 9.17) is 14.6 Å². The van der Waals surface area contributed by atoms with Gasteiger partial charge in [-0.05, 0) is 36.8 Å². The summed E-state index contributed by atoms with van der Waals surface area (Å²) in [7, 11) is 1.61. The molecule has 1 aliphatic heterocycles. The Morgan fingerprint density at radius 2 is 1.89 bits per heavy atom. The number of carbonyl (C=O) groups excluding carboxylic acids is 1. The molecule has 1 saturated heterocycles. The lowest BCUT2D eigenvalue weighted by Crippen LogP contribution is -2.42. The Morgan fingerprint density at radius 3 is 2.58 bits per heavy atom. The molecule has 2 heterocycles. The van der Waals surface area contributed by atoms with Crippen LogP contribution in [0.4, 0.5) is 19.4 Å². The molecule has 0 saturated carbocycles. The molecule has 0 spiro atoms. The monoisotopic (exact) mass is 551 g/mol. The highest BCUT2D eigenvalue weighted by Gasteiger charge is 2.35. The number of rotatable bonds is 10. The predicted molar refractivity (Wildman–Crippen MR) is 141 cm³/mol. The largest absolute Gasteiger partial charge is 0.474 e. The summed E-state index contributed by atoms with van der Waals surface area (Å²) in [5.41, 5.74) is 1.91. The van der Waals surface area contributed by atoms with Gasteiger partial charge in [0.15, 0.2) is 11.6 Å². The summed E-state index contributed by atoms with van der Waals surface area (Å²) in [4.78, 5) is 15.3. The molecule has 206 valence electrons. The Bertz CT molecular complexity index is 1210. The summed E-state index contributed by atoms with van der Waals surface area (Å²) in [6.45, 7) is 3.88. The van der Waals surface area contributed by atoms with Crippen molar-refractivity contribution >= 4 is 24.3 Å². The normalized spacial score (nSPS) is 17.2. The molecule has 1 fully saturated rings. The number of hydrogen-bond acceptors (Lipinski definition) is 6. The molecular weight excluding hydrogens is 520 g/mol. The van der Waals surface area contributed by atoms with Gasteiger partial charge in [-0.3, -0.25) is 10.2 Å². The molecule has 2 aromatic carbocycles. The molecule has 1 aliphatic rings. The lowest BCUT2D eigenvalue weighted by molar-refractivity contribution is 0.159. The van der Waals surface area contributed by atoms with E-state index in [1.165, 1.54) is 6.07 Å². The molecule has 12 heteroatoms. The van der Waals surface area contributed by atoms with Crippen molar-refractivity contribution in [3.63, 3.8) is 0 Å². The third-order valence-corrected chi connectivity index (χ3v) is 6.34. The summed E-state index contributed by atoms with van der Waals surface area (Å²) >= 11 is 0. The SMILES string of the molecule is COCCN1C[C@@H](NC(=O)Nc2c(C)c(OCCO)nn2-c2ccccc2)[C@H](c2ccc(F)c(F)c2)C1.Cl. The number of aliphatic hydroxyl groups excluding tert-OH is 1. The van der Waals surface area contributed by atoms with Crippen molar-refractivity contribution in [3.05, 3.63) is 71.3 Å². The highest BCUT2D eigenvalue weighted by atomic mass is 35.5. The maximum absolute atomic E-state index is 14.0. The zero-order valence-electron chi connectivity index (χ0n) is 21.2. The Balaban J connectivity index is 0.00000400.